The van der Waals surface area contributed by atoms with E-state index in [0.29, 0.717) is 24.2 Å². The molecule has 1 amide bonds. The van der Waals surface area contributed by atoms with Crippen molar-refractivity contribution in [2.45, 2.75) is 18.7 Å². The van der Waals surface area contributed by atoms with Gasteiger partial charge in [-0.05, 0) is 35.2 Å². The minimum Gasteiger partial charge on any atom is -0.334 e. The number of fused-ring (bicyclic) bond motifs is 1. The van der Waals surface area contributed by atoms with Crippen molar-refractivity contribution in [3.8, 4) is 0 Å². The van der Waals surface area contributed by atoms with Gasteiger partial charge >= 0.3 is 0 Å². The van der Waals surface area contributed by atoms with Crippen molar-refractivity contribution in [1.82, 2.24) is 4.90 Å². The van der Waals surface area contributed by atoms with Crippen LogP contribution in [0.25, 0.3) is 0 Å². The number of benzene rings is 2. The van der Waals surface area contributed by atoms with Crippen LogP contribution in [0.2, 0.25) is 0 Å². The first kappa shape index (κ1) is 15.7. The smallest absolute Gasteiger partial charge is 0.254 e. The highest BCUT2D eigenvalue weighted by Crippen LogP contribution is 2.20. The third-order valence-electron chi connectivity index (χ3n) is 4.05. The lowest BCUT2D eigenvalue weighted by molar-refractivity contribution is 0.0734. The summed E-state index contributed by atoms with van der Waals surface area (Å²) >= 11 is 0. The topological polar surface area (TPSA) is 54.5 Å². The van der Waals surface area contributed by atoms with Gasteiger partial charge in [-0.3, -0.25) is 4.79 Å². The van der Waals surface area contributed by atoms with Gasteiger partial charge in [0.15, 0.2) is 9.84 Å². The molecule has 0 atom stereocenters. The van der Waals surface area contributed by atoms with Gasteiger partial charge in [0.1, 0.15) is 0 Å². The Bertz CT molecular complexity index is 826. The lowest BCUT2D eigenvalue weighted by Gasteiger charge is -2.29. The number of hydrogen-bond acceptors (Lipinski definition) is 3. The molecule has 0 spiro atoms. The van der Waals surface area contributed by atoms with E-state index < -0.39 is 9.84 Å². The zero-order chi connectivity index (χ0) is 16.4. The van der Waals surface area contributed by atoms with Crippen LogP contribution in [-0.2, 0) is 28.6 Å². The molecule has 2 aromatic rings. The SMILES string of the molecule is CS(=O)(=O)Cc1ccc(C(=O)N2CCc3ccccc3C2)cc1. The summed E-state index contributed by atoms with van der Waals surface area (Å²) in [7, 11) is -3.06. The molecule has 2 aromatic carbocycles. The normalized spacial score (nSPS) is 14.4. The highest BCUT2D eigenvalue weighted by atomic mass is 32.2. The molecule has 4 nitrogen and oxygen atoms in total. The quantitative estimate of drug-likeness (QED) is 0.869. The maximum absolute atomic E-state index is 12.6. The van der Waals surface area contributed by atoms with Crippen molar-refractivity contribution in [1.29, 1.82) is 0 Å². The summed E-state index contributed by atoms with van der Waals surface area (Å²) in [6.07, 6.45) is 2.07. The van der Waals surface area contributed by atoms with Crippen LogP contribution in [0.1, 0.15) is 27.0 Å². The second-order valence-corrected chi connectivity index (χ2v) is 8.15. The summed E-state index contributed by atoms with van der Waals surface area (Å²) in [4.78, 5) is 14.5. The highest BCUT2D eigenvalue weighted by molar-refractivity contribution is 7.89. The van der Waals surface area contributed by atoms with Gasteiger partial charge in [-0.25, -0.2) is 8.42 Å². The average molecular weight is 329 g/mol. The summed E-state index contributed by atoms with van der Waals surface area (Å²) in [5.41, 5.74) is 3.80. The predicted octanol–water partition coefficient (Wildman–Crippen LogP) is 2.43. The monoisotopic (exact) mass is 329 g/mol. The van der Waals surface area contributed by atoms with Gasteiger partial charge in [0, 0.05) is 24.9 Å². The van der Waals surface area contributed by atoms with E-state index in [9.17, 15) is 13.2 Å². The van der Waals surface area contributed by atoms with Crippen LogP contribution in [0.3, 0.4) is 0 Å². The molecule has 5 heteroatoms. The molecule has 1 aliphatic rings. The van der Waals surface area contributed by atoms with E-state index in [1.54, 1.807) is 24.3 Å². The summed E-state index contributed by atoms with van der Waals surface area (Å²) in [6.45, 7) is 1.33. The van der Waals surface area contributed by atoms with E-state index in [1.165, 1.54) is 17.4 Å². The molecular weight excluding hydrogens is 310 g/mol. The maximum Gasteiger partial charge on any atom is 0.254 e. The highest BCUT2D eigenvalue weighted by Gasteiger charge is 2.21. The molecular formula is C18H19NO3S. The molecule has 120 valence electrons. The number of carbonyl (C=O) groups excluding carboxylic acids is 1. The number of hydrogen-bond donors (Lipinski definition) is 0. The molecule has 0 N–H and O–H groups in total. The average Bonchev–Trinajstić information content (AvgIpc) is 2.53. The fourth-order valence-electron chi connectivity index (χ4n) is 2.90. The molecule has 1 heterocycles. The minimum absolute atomic E-state index is 0.00143. The van der Waals surface area contributed by atoms with Crippen LogP contribution < -0.4 is 0 Å². The molecule has 0 unspecified atom stereocenters. The Morgan fingerprint density at radius 1 is 1.04 bits per heavy atom. The van der Waals surface area contributed by atoms with Gasteiger partial charge in [-0.2, -0.15) is 0 Å². The molecule has 0 aromatic heterocycles. The van der Waals surface area contributed by atoms with E-state index in [2.05, 4.69) is 12.1 Å². The molecule has 0 aliphatic carbocycles. The second-order valence-electron chi connectivity index (χ2n) is 6.01. The fraction of sp³-hybridized carbons (Fsp3) is 0.278. The van der Waals surface area contributed by atoms with Crippen molar-refractivity contribution in [3.63, 3.8) is 0 Å². The lowest BCUT2D eigenvalue weighted by atomic mass is 9.99. The first-order valence-corrected chi connectivity index (χ1v) is 9.61. The predicted molar refractivity (Wildman–Crippen MR) is 89.9 cm³/mol. The molecule has 0 radical (unpaired) electrons. The Morgan fingerprint density at radius 3 is 2.35 bits per heavy atom. The van der Waals surface area contributed by atoms with Crippen molar-refractivity contribution in [2.75, 3.05) is 12.8 Å². The van der Waals surface area contributed by atoms with Crippen LogP contribution in [-0.4, -0.2) is 32.0 Å². The lowest BCUT2D eigenvalue weighted by Crippen LogP contribution is -2.35. The van der Waals surface area contributed by atoms with Crippen LogP contribution in [0.5, 0.6) is 0 Å². The number of rotatable bonds is 3. The van der Waals surface area contributed by atoms with Gasteiger partial charge in [-0.1, -0.05) is 36.4 Å². The molecule has 23 heavy (non-hydrogen) atoms. The molecule has 0 bridgehead atoms. The minimum atomic E-state index is -3.06. The summed E-state index contributed by atoms with van der Waals surface area (Å²) in [5.74, 6) is -0.0103. The maximum atomic E-state index is 12.6. The summed E-state index contributed by atoms with van der Waals surface area (Å²) < 4.78 is 22.6. The number of sulfone groups is 1. The van der Waals surface area contributed by atoms with Crippen LogP contribution in [0.4, 0.5) is 0 Å². The molecule has 1 aliphatic heterocycles. The van der Waals surface area contributed by atoms with Gasteiger partial charge in [0.2, 0.25) is 0 Å². The first-order valence-electron chi connectivity index (χ1n) is 7.55. The fourth-order valence-corrected chi connectivity index (χ4v) is 3.70. The summed E-state index contributed by atoms with van der Waals surface area (Å²) in [6, 6.07) is 15.0. The Hall–Kier alpha value is -2.14. The van der Waals surface area contributed by atoms with E-state index in [-0.39, 0.29) is 11.7 Å². The third-order valence-corrected chi connectivity index (χ3v) is 4.91. The molecule has 0 saturated heterocycles. The standard InChI is InChI=1S/C18H19NO3S/c1-23(21,22)13-14-6-8-16(9-7-14)18(20)19-11-10-15-4-2-3-5-17(15)12-19/h2-9H,10-13H2,1H3. The van der Waals surface area contributed by atoms with Gasteiger partial charge in [0.25, 0.3) is 5.91 Å². The van der Waals surface area contributed by atoms with Gasteiger partial charge < -0.3 is 4.90 Å². The van der Waals surface area contributed by atoms with Crippen LogP contribution in [0, 0.1) is 0 Å². The zero-order valence-corrected chi connectivity index (χ0v) is 13.8. The number of carbonyl (C=O) groups is 1. The zero-order valence-electron chi connectivity index (χ0n) is 13.0. The Morgan fingerprint density at radius 2 is 1.70 bits per heavy atom. The van der Waals surface area contributed by atoms with Crippen molar-refractivity contribution in [2.24, 2.45) is 0 Å². The summed E-state index contributed by atoms with van der Waals surface area (Å²) in [5, 5.41) is 0. The Labute approximate surface area is 136 Å². The first-order chi connectivity index (χ1) is 10.9. The molecule has 0 saturated carbocycles. The van der Waals surface area contributed by atoms with E-state index in [0.717, 1.165) is 6.42 Å². The van der Waals surface area contributed by atoms with Crippen LogP contribution >= 0.6 is 0 Å². The van der Waals surface area contributed by atoms with Crippen molar-refractivity contribution >= 4 is 15.7 Å². The number of nitrogens with zero attached hydrogens (tertiary/aromatic N) is 1. The molecule has 3 rings (SSSR count). The van der Waals surface area contributed by atoms with Crippen LogP contribution in [0.15, 0.2) is 48.5 Å². The van der Waals surface area contributed by atoms with Gasteiger partial charge in [-0.15, -0.1) is 0 Å². The van der Waals surface area contributed by atoms with E-state index >= 15 is 0 Å². The van der Waals surface area contributed by atoms with Crippen molar-refractivity contribution in [3.05, 3.63) is 70.8 Å². The Balaban J connectivity index is 1.74. The largest absolute Gasteiger partial charge is 0.334 e. The van der Waals surface area contributed by atoms with Crippen molar-refractivity contribution < 1.29 is 13.2 Å². The Kier molecular flexibility index (Phi) is 4.22. The third kappa shape index (κ3) is 3.79. The van der Waals surface area contributed by atoms with Gasteiger partial charge in [0.05, 0.1) is 5.75 Å². The second kappa shape index (κ2) is 6.16. The van der Waals surface area contributed by atoms with E-state index in [1.807, 2.05) is 17.0 Å². The molecule has 0 fully saturated rings. The number of amides is 1. The van der Waals surface area contributed by atoms with E-state index in [4.69, 9.17) is 0 Å².